The minimum Gasteiger partial charge on any atom is -0.284 e. The average Bonchev–Trinajstić information content (AvgIpc) is 2.30. The second-order valence-electron chi connectivity index (χ2n) is 3.08. The maximum Gasteiger partial charge on any atom is 0.299 e. The number of aryl methyl sites for hydroxylation is 2. The highest BCUT2D eigenvalue weighted by atomic mass is 32.2. The number of hydrogen-bond donors (Lipinski definition) is 8. The van der Waals surface area contributed by atoms with Crippen LogP contribution >= 0.6 is 0 Å². The molecule has 0 atom stereocenters. The van der Waals surface area contributed by atoms with Crippen LogP contribution in [0.4, 0.5) is 0 Å². The highest BCUT2D eigenvalue weighted by Gasteiger charge is 1.79. The Morgan fingerprint density at radius 1 is 0.500 bits per heavy atom. The first kappa shape index (κ1) is 31.3. The van der Waals surface area contributed by atoms with E-state index in [2.05, 4.69) is 38.1 Å². The second-order valence-corrected chi connectivity index (χ2v) is 4.92. The SMILES string of the molecule is Cc1ccc(C)cc1.O=S(O)O.O=S(O)O.O=S(O)O.O=S(O)O. The molecule has 1 aromatic carbocycles. The van der Waals surface area contributed by atoms with Crippen LogP contribution in [-0.4, -0.2) is 53.3 Å². The molecule has 0 heterocycles. The largest absolute Gasteiger partial charge is 0.299 e. The van der Waals surface area contributed by atoms with Crippen molar-refractivity contribution in [2.24, 2.45) is 0 Å². The molecule has 0 aliphatic carbocycles. The maximum atomic E-state index is 8.67. The van der Waals surface area contributed by atoms with E-state index in [0.29, 0.717) is 0 Å². The van der Waals surface area contributed by atoms with Gasteiger partial charge in [-0.1, -0.05) is 35.4 Å². The molecule has 1 rings (SSSR count). The normalized spacial score (nSPS) is 8.92. The summed E-state index contributed by atoms with van der Waals surface area (Å²) >= 11 is -10.4. The van der Waals surface area contributed by atoms with Gasteiger partial charge in [-0.25, -0.2) is 0 Å². The van der Waals surface area contributed by atoms with Crippen molar-refractivity contribution in [1.82, 2.24) is 0 Å². The molecule has 1 aromatic rings. The van der Waals surface area contributed by atoms with Gasteiger partial charge in [-0.3, -0.25) is 36.4 Å². The molecule has 0 saturated carbocycles. The zero-order valence-electron chi connectivity index (χ0n) is 12.2. The fourth-order valence-electron chi connectivity index (χ4n) is 0.637. The lowest BCUT2D eigenvalue weighted by molar-refractivity contribution is 0.452. The second kappa shape index (κ2) is 22.5. The highest BCUT2D eigenvalue weighted by molar-refractivity contribution is 7.73. The average molecular weight is 434 g/mol. The summed E-state index contributed by atoms with van der Waals surface area (Å²) in [6, 6.07) is 8.48. The molecule has 0 amide bonds. The third kappa shape index (κ3) is 100. The van der Waals surface area contributed by atoms with Crippen molar-refractivity contribution in [2.45, 2.75) is 13.8 Å². The van der Waals surface area contributed by atoms with Gasteiger partial charge in [0.2, 0.25) is 0 Å². The lowest BCUT2D eigenvalue weighted by atomic mass is 10.2. The van der Waals surface area contributed by atoms with Gasteiger partial charge >= 0.3 is 0 Å². The number of benzene rings is 1. The van der Waals surface area contributed by atoms with Crippen LogP contribution in [0.1, 0.15) is 11.1 Å². The Bertz CT molecular complexity index is 405. The summed E-state index contributed by atoms with van der Waals surface area (Å²) in [6.07, 6.45) is 0. The molecular formula is C8H18O12S4. The van der Waals surface area contributed by atoms with Gasteiger partial charge in [-0.2, -0.15) is 16.8 Å². The first-order valence-electron chi connectivity index (χ1n) is 4.95. The molecule has 0 fully saturated rings. The Labute approximate surface area is 148 Å². The monoisotopic (exact) mass is 434 g/mol. The minimum absolute atomic E-state index is 1.33. The van der Waals surface area contributed by atoms with Gasteiger partial charge in [0.15, 0.2) is 0 Å². The fourth-order valence-corrected chi connectivity index (χ4v) is 0.637. The third-order valence-corrected chi connectivity index (χ3v) is 1.22. The topological polar surface area (TPSA) is 230 Å². The predicted octanol–water partition coefficient (Wildman–Crippen LogP) is 1.03. The molecule has 146 valence electrons. The highest BCUT2D eigenvalue weighted by Crippen LogP contribution is 1.99. The lowest BCUT2D eigenvalue weighted by Crippen LogP contribution is -1.74. The Morgan fingerprint density at radius 2 is 0.583 bits per heavy atom. The Morgan fingerprint density at radius 3 is 0.667 bits per heavy atom. The molecule has 0 aliphatic rings. The van der Waals surface area contributed by atoms with Crippen molar-refractivity contribution in [2.75, 3.05) is 0 Å². The van der Waals surface area contributed by atoms with E-state index in [-0.39, 0.29) is 0 Å². The van der Waals surface area contributed by atoms with E-state index in [1.165, 1.54) is 11.1 Å². The van der Waals surface area contributed by atoms with Crippen molar-refractivity contribution >= 4 is 45.4 Å². The molecule has 0 radical (unpaired) electrons. The maximum absolute atomic E-state index is 8.67. The first-order chi connectivity index (χ1) is 10.7. The van der Waals surface area contributed by atoms with Crippen molar-refractivity contribution in [1.29, 1.82) is 0 Å². The van der Waals surface area contributed by atoms with Crippen LogP contribution < -0.4 is 0 Å². The van der Waals surface area contributed by atoms with Crippen LogP contribution in [-0.2, 0) is 45.4 Å². The standard InChI is InChI=1S/C8H10.4H2O3S/c1-7-3-5-8(2)6-4-7;4*1-4(2)3/h3-6H,1-2H3;4*(H2,1,2,3). The van der Waals surface area contributed by atoms with Gasteiger partial charge in [0, 0.05) is 0 Å². The van der Waals surface area contributed by atoms with Gasteiger partial charge in [0.1, 0.15) is 0 Å². The Hall–Kier alpha value is -0.500. The van der Waals surface area contributed by atoms with Crippen LogP contribution in [0, 0.1) is 13.8 Å². The quantitative estimate of drug-likeness (QED) is 0.267. The first-order valence-corrected chi connectivity index (χ1v) is 9.20. The van der Waals surface area contributed by atoms with Crippen molar-refractivity contribution in [3.05, 3.63) is 35.4 Å². The van der Waals surface area contributed by atoms with Gasteiger partial charge in [0.05, 0.1) is 0 Å². The number of hydrogen-bond acceptors (Lipinski definition) is 4. The van der Waals surface area contributed by atoms with E-state index in [9.17, 15) is 0 Å². The van der Waals surface area contributed by atoms with E-state index in [1.54, 1.807) is 0 Å². The molecule has 16 heteroatoms. The van der Waals surface area contributed by atoms with Crippen molar-refractivity contribution < 1.29 is 53.3 Å². The molecule has 24 heavy (non-hydrogen) atoms. The van der Waals surface area contributed by atoms with Crippen molar-refractivity contribution in [3.63, 3.8) is 0 Å². The van der Waals surface area contributed by atoms with E-state index >= 15 is 0 Å². The summed E-state index contributed by atoms with van der Waals surface area (Å²) in [6.45, 7) is 4.19. The van der Waals surface area contributed by atoms with Gasteiger partial charge in [0.25, 0.3) is 45.4 Å². The van der Waals surface area contributed by atoms with E-state index in [4.69, 9.17) is 53.3 Å². The van der Waals surface area contributed by atoms with Gasteiger partial charge in [-0.15, -0.1) is 0 Å². The smallest absolute Gasteiger partial charge is 0.284 e. The lowest BCUT2D eigenvalue weighted by Gasteiger charge is -1.90. The van der Waals surface area contributed by atoms with E-state index in [1.807, 2.05) is 0 Å². The zero-order valence-corrected chi connectivity index (χ0v) is 15.4. The van der Waals surface area contributed by atoms with E-state index in [0.717, 1.165) is 0 Å². The van der Waals surface area contributed by atoms with Crippen LogP contribution in [0.15, 0.2) is 24.3 Å². The molecule has 8 N–H and O–H groups in total. The molecule has 0 unspecified atom stereocenters. The molecule has 0 aromatic heterocycles. The summed E-state index contributed by atoms with van der Waals surface area (Å²) in [7, 11) is 0. The zero-order chi connectivity index (χ0) is 20.3. The van der Waals surface area contributed by atoms with Gasteiger partial charge < -0.3 is 0 Å². The summed E-state index contributed by atoms with van der Waals surface area (Å²) in [5, 5.41) is 0. The summed E-state index contributed by atoms with van der Waals surface area (Å²) in [4.78, 5) is 0. The Balaban J connectivity index is -0.000000110. The molecule has 0 bridgehead atoms. The minimum atomic E-state index is -2.61. The molecule has 0 spiro atoms. The van der Waals surface area contributed by atoms with Crippen LogP contribution in [0.25, 0.3) is 0 Å². The van der Waals surface area contributed by atoms with Crippen molar-refractivity contribution in [3.8, 4) is 0 Å². The van der Waals surface area contributed by atoms with E-state index < -0.39 is 45.4 Å². The van der Waals surface area contributed by atoms with Crippen LogP contribution in [0.2, 0.25) is 0 Å². The van der Waals surface area contributed by atoms with Gasteiger partial charge in [-0.05, 0) is 13.8 Å². The summed E-state index contributed by atoms with van der Waals surface area (Å²) < 4.78 is 91.3. The van der Waals surface area contributed by atoms with Crippen LogP contribution in [0.5, 0.6) is 0 Å². The fraction of sp³-hybridized carbons (Fsp3) is 0.250. The van der Waals surface area contributed by atoms with Crippen LogP contribution in [0.3, 0.4) is 0 Å². The Kier molecular flexibility index (Phi) is 29.3. The molecule has 0 aliphatic heterocycles. The summed E-state index contributed by atoms with van der Waals surface area (Å²) in [5.41, 5.74) is 2.66. The molecule has 12 nitrogen and oxygen atoms in total. The predicted molar refractivity (Wildman–Crippen MR) is 89.5 cm³/mol. The summed E-state index contributed by atoms with van der Waals surface area (Å²) in [5.74, 6) is 0. The number of rotatable bonds is 0. The molecule has 0 saturated heterocycles. The molecular weight excluding hydrogens is 416 g/mol. The third-order valence-electron chi connectivity index (χ3n) is 1.22.